The maximum Gasteiger partial charge on any atom is 0.324 e. The molecule has 0 bridgehead atoms. The number of nitrogens with two attached hydrogens (primary N) is 1. The Morgan fingerprint density at radius 3 is 2.47 bits per heavy atom. The van der Waals surface area contributed by atoms with Gasteiger partial charge in [0.2, 0.25) is 6.29 Å². The molecule has 0 aromatic carbocycles. The van der Waals surface area contributed by atoms with E-state index in [0.717, 1.165) is 0 Å². The van der Waals surface area contributed by atoms with Crippen molar-refractivity contribution >= 4 is 18.2 Å². The molecule has 0 aliphatic carbocycles. The fraction of sp³-hybridized carbons (Fsp3) is 0.727. The van der Waals surface area contributed by atoms with E-state index in [1.807, 2.05) is 0 Å². The van der Waals surface area contributed by atoms with Gasteiger partial charge in [-0.15, -0.1) is 0 Å². The van der Waals surface area contributed by atoms with Crippen molar-refractivity contribution in [3.8, 4) is 0 Å². The van der Waals surface area contributed by atoms with Crippen molar-refractivity contribution in [3.05, 3.63) is 0 Å². The van der Waals surface area contributed by atoms with Gasteiger partial charge in [0, 0.05) is 6.42 Å². The largest absolute Gasteiger partial charge is 0.469 e. The zero-order valence-corrected chi connectivity index (χ0v) is 10.3. The van der Waals surface area contributed by atoms with Crippen molar-refractivity contribution in [2.45, 2.75) is 32.7 Å². The maximum absolute atomic E-state index is 11.6. The van der Waals surface area contributed by atoms with Gasteiger partial charge in [0.1, 0.15) is 6.04 Å². The highest BCUT2D eigenvalue weighted by atomic mass is 16.5. The van der Waals surface area contributed by atoms with Crippen LogP contribution < -0.4 is 5.73 Å². The van der Waals surface area contributed by atoms with Crippen molar-refractivity contribution in [1.82, 2.24) is 0 Å². The van der Waals surface area contributed by atoms with Crippen LogP contribution in [0.2, 0.25) is 0 Å². The third-order valence-corrected chi connectivity index (χ3v) is 2.77. The highest BCUT2D eigenvalue weighted by Gasteiger charge is 2.43. The predicted molar refractivity (Wildman–Crippen MR) is 59.7 cm³/mol. The summed E-state index contributed by atoms with van der Waals surface area (Å²) in [7, 11) is 1.23. The van der Waals surface area contributed by atoms with Crippen molar-refractivity contribution in [2.24, 2.45) is 11.1 Å². The Balaban J connectivity index is 4.62. The van der Waals surface area contributed by atoms with Crippen LogP contribution in [0.5, 0.6) is 0 Å². The zero-order chi connectivity index (χ0) is 13.5. The lowest BCUT2D eigenvalue weighted by Crippen LogP contribution is -2.51. The summed E-state index contributed by atoms with van der Waals surface area (Å²) in [6.07, 6.45) is 1.92. The molecule has 0 aliphatic rings. The normalized spacial score (nSPS) is 15.5. The molecule has 0 aromatic heterocycles. The maximum atomic E-state index is 11.6. The number of rotatable bonds is 7. The summed E-state index contributed by atoms with van der Waals surface area (Å²) >= 11 is 0. The SMILES string of the molecule is CC[C@@](C)(C(=O)OC)[C@H](N)C(=O)OCC[C]=O. The van der Waals surface area contributed by atoms with E-state index in [0.29, 0.717) is 6.42 Å². The molecule has 0 aliphatic heterocycles. The van der Waals surface area contributed by atoms with Gasteiger partial charge in [0.25, 0.3) is 0 Å². The topological polar surface area (TPSA) is 95.7 Å². The molecule has 2 atom stereocenters. The first kappa shape index (κ1) is 15.6. The molecule has 0 amide bonds. The quantitative estimate of drug-likeness (QED) is 0.498. The van der Waals surface area contributed by atoms with Gasteiger partial charge >= 0.3 is 11.9 Å². The van der Waals surface area contributed by atoms with Crippen LogP contribution in [0.15, 0.2) is 0 Å². The smallest absolute Gasteiger partial charge is 0.324 e. The molecule has 0 unspecified atom stereocenters. The average Bonchev–Trinajstić information content (AvgIpc) is 2.35. The molecule has 0 saturated heterocycles. The van der Waals surface area contributed by atoms with E-state index in [2.05, 4.69) is 4.74 Å². The van der Waals surface area contributed by atoms with Gasteiger partial charge in [-0.3, -0.25) is 14.4 Å². The summed E-state index contributed by atoms with van der Waals surface area (Å²) in [6.45, 7) is 3.18. The van der Waals surface area contributed by atoms with Crippen LogP contribution in [0.25, 0.3) is 0 Å². The molecule has 0 heterocycles. The van der Waals surface area contributed by atoms with E-state index >= 15 is 0 Å². The molecule has 2 N–H and O–H groups in total. The molecule has 6 heteroatoms. The molecule has 0 rings (SSSR count). The molecular formula is C11H18NO5. The van der Waals surface area contributed by atoms with Crippen molar-refractivity contribution < 1.29 is 23.9 Å². The highest BCUT2D eigenvalue weighted by molar-refractivity contribution is 5.87. The van der Waals surface area contributed by atoms with Crippen LogP contribution in [-0.2, 0) is 23.9 Å². The monoisotopic (exact) mass is 244 g/mol. The molecule has 17 heavy (non-hydrogen) atoms. The number of esters is 2. The number of methoxy groups -OCH3 is 1. The standard InChI is InChI=1S/C11H18NO5/c1-4-11(2,10(15)16-3)8(12)9(14)17-7-5-6-13/h8H,4-5,7,12H2,1-3H3/t8-,11-/m1/s1. The molecule has 0 saturated carbocycles. The summed E-state index contributed by atoms with van der Waals surface area (Å²) in [5, 5.41) is 0. The molecule has 6 nitrogen and oxygen atoms in total. The Bertz CT molecular complexity index is 292. The van der Waals surface area contributed by atoms with Gasteiger partial charge in [-0.2, -0.15) is 0 Å². The van der Waals surface area contributed by atoms with E-state index in [-0.39, 0.29) is 13.0 Å². The summed E-state index contributed by atoms with van der Waals surface area (Å²) in [5.74, 6) is -1.29. The lowest BCUT2D eigenvalue weighted by molar-refractivity contribution is -0.162. The Hall–Kier alpha value is -1.43. The van der Waals surface area contributed by atoms with Crippen LogP contribution in [0.3, 0.4) is 0 Å². The second-order valence-electron chi connectivity index (χ2n) is 3.80. The minimum atomic E-state index is -1.13. The van der Waals surface area contributed by atoms with Crippen molar-refractivity contribution in [2.75, 3.05) is 13.7 Å². The molecule has 0 fully saturated rings. The van der Waals surface area contributed by atoms with Gasteiger partial charge in [-0.1, -0.05) is 6.92 Å². The van der Waals surface area contributed by atoms with Crippen LogP contribution in [0.4, 0.5) is 0 Å². The Morgan fingerprint density at radius 2 is 2.06 bits per heavy atom. The molecule has 0 spiro atoms. The van der Waals surface area contributed by atoms with E-state index in [9.17, 15) is 14.4 Å². The number of hydrogen-bond acceptors (Lipinski definition) is 6. The van der Waals surface area contributed by atoms with Gasteiger partial charge in [0.05, 0.1) is 19.1 Å². The third-order valence-electron chi connectivity index (χ3n) is 2.77. The molecule has 1 radical (unpaired) electrons. The number of carbonyl (C=O) groups excluding carboxylic acids is 3. The van der Waals surface area contributed by atoms with Crippen LogP contribution in [-0.4, -0.2) is 38.0 Å². The fourth-order valence-electron chi connectivity index (χ4n) is 1.27. The number of carbonyl (C=O) groups is 2. The summed E-state index contributed by atoms with van der Waals surface area (Å²) in [4.78, 5) is 33.1. The van der Waals surface area contributed by atoms with E-state index in [4.69, 9.17) is 10.5 Å². The summed E-state index contributed by atoms with van der Waals surface area (Å²) in [5.41, 5.74) is 4.56. The van der Waals surface area contributed by atoms with Crippen molar-refractivity contribution in [3.63, 3.8) is 0 Å². The van der Waals surface area contributed by atoms with E-state index in [1.54, 1.807) is 13.2 Å². The molecule has 97 valence electrons. The first-order valence-corrected chi connectivity index (χ1v) is 5.29. The molecular weight excluding hydrogens is 226 g/mol. The summed E-state index contributed by atoms with van der Waals surface area (Å²) in [6, 6.07) is -1.12. The van der Waals surface area contributed by atoms with E-state index in [1.165, 1.54) is 14.0 Å². The van der Waals surface area contributed by atoms with Crippen LogP contribution >= 0.6 is 0 Å². The Labute approximate surface area is 100 Å². The lowest BCUT2D eigenvalue weighted by Gasteiger charge is -2.29. The molecule has 0 aromatic rings. The summed E-state index contributed by atoms with van der Waals surface area (Å²) < 4.78 is 9.37. The first-order valence-electron chi connectivity index (χ1n) is 5.29. The minimum absolute atomic E-state index is 0.0144. The average molecular weight is 244 g/mol. The number of ether oxygens (including phenoxy) is 2. The van der Waals surface area contributed by atoms with Gasteiger partial charge in [-0.25, -0.2) is 0 Å². The first-order chi connectivity index (χ1) is 7.93. The predicted octanol–water partition coefficient (Wildman–Crippen LogP) is -0.0540. The Morgan fingerprint density at radius 1 is 1.47 bits per heavy atom. The second-order valence-corrected chi connectivity index (χ2v) is 3.80. The fourth-order valence-corrected chi connectivity index (χ4v) is 1.27. The zero-order valence-electron chi connectivity index (χ0n) is 10.3. The third kappa shape index (κ3) is 3.81. The number of hydrogen-bond donors (Lipinski definition) is 1. The van der Waals surface area contributed by atoms with Gasteiger partial charge in [-0.05, 0) is 13.3 Å². The lowest BCUT2D eigenvalue weighted by atomic mass is 9.80. The Kier molecular flexibility index (Phi) is 6.42. The highest BCUT2D eigenvalue weighted by Crippen LogP contribution is 2.27. The second kappa shape index (κ2) is 7.01. The van der Waals surface area contributed by atoms with Crippen LogP contribution in [0, 0.1) is 5.41 Å². The van der Waals surface area contributed by atoms with Gasteiger partial charge < -0.3 is 15.2 Å². The minimum Gasteiger partial charge on any atom is -0.469 e. The van der Waals surface area contributed by atoms with Gasteiger partial charge in [0.15, 0.2) is 0 Å². The van der Waals surface area contributed by atoms with Crippen LogP contribution in [0.1, 0.15) is 26.7 Å². The van der Waals surface area contributed by atoms with Crippen molar-refractivity contribution in [1.29, 1.82) is 0 Å². The van der Waals surface area contributed by atoms with E-state index < -0.39 is 23.4 Å².